The normalized spacial score (nSPS) is 12.5. The van der Waals surface area contributed by atoms with Gasteiger partial charge in [-0.05, 0) is 73.5 Å². The number of hydrogen-bond donors (Lipinski definition) is 0. The summed E-state index contributed by atoms with van der Waals surface area (Å²) in [5.41, 5.74) is 5.67. The first-order valence-corrected chi connectivity index (χ1v) is 11.1. The molecular weight excluding hydrogens is 420 g/mol. The molecule has 174 valence electrons. The molecule has 6 heteroatoms. The Morgan fingerprint density at radius 2 is 0.794 bits per heavy atom. The molecule has 0 bridgehead atoms. The van der Waals surface area contributed by atoms with E-state index in [0.29, 0.717) is 0 Å². The first-order valence-electron chi connectivity index (χ1n) is 11.1. The smallest absolute Gasteiger partial charge is 0.101 e. The summed E-state index contributed by atoms with van der Waals surface area (Å²) in [4.78, 5) is 22.2. The summed E-state index contributed by atoms with van der Waals surface area (Å²) in [7, 11) is 7.93. The van der Waals surface area contributed by atoms with Gasteiger partial charge >= 0.3 is 0 Å². The Bertz CT molecular complexity index is 1090. The minimum atomic E-state index is 0.889. The SMILES string of the molecule is C/C(=N\c1ccc(/N=C/c2ccc(/C=N/c3ccc(/N=C(\C)N(C)C)cc3)cc2)cc1)N(C)C. The Morgan fingerprint density at radius 1 is 0.500 bits per heavy atom. The first kappa shape index (κ1) is 24.6. The van der Waals surface area contributed by atoms with Crippen LogP contribution in [0.3, 0.4) is 0 Å². The Morgan fingerprint density at radius 3 is 1.09 bits per heavy atom. The minimum Gasteiger partial charge on any atom is -0.366 e. The number of nitrogens with zero attached hydrogens (tertiary/aromatic N) is 6. The van der Waals surface area contributed by atoms with Gasteiger partial charge in [-0.2, -0.15) is 0 Å². The third kappa shape index (κ3) is 7.52. The van der Waals surface area contributed by atoms with Crippen molar-refractivity contribution < 1.29 is 0 Å². The van der Waals surface area contributed by atoms with Crippen LogP contribution in [0.25, 0.3) is 0 Å². The number of benzene rings is 3. The molecule has 0 spiro atoms. The van der Waals surface area contributed by atoms with Crippen molar-refractivity contribution in [1.82, 2.24) is 9.80 Å². The lowest BCUT2D eigenvalue weighted by Gasteiger charge is -2.10. The molecule has 0 amide bonds. The fourth-order valence-corrected chi connectivity index (χ4v) is 2.77. The molecule has 34 heavy (non-hydrogen) atoms. The Labute approximate surface area is 202 Å². The van der Waals surface area contributed by atoms with Crippen LogP contribution >= 0.6 is 0 Å². The largest absolute Gasteiger partial charge is 0.366 e. The average Bonchev–Trinajstić information content (AvgIpc) is 2.83. The molecule has 6 nitrogen and oxygen atoms in total. The summed E-state index contributed by atoms with van der Waals surface area (Å²) in [5, 5.41) is 0. The molecule has 0 aliphatic carbocycles. The van der Waals surface area contributed by atoms with Crippen LogP contribution in [0, 0.1) is 0 Å². The van der Waals surface area contributed by atoms with Crippen LogP contribution in [0.15, 0.2) is 92.8 Å². The van der Waals surface area contributed by atoms with Crippen molar-refractivity contribution in [3.63, 3.8) is 0 Å². The monoisotopic (exact) mass is 452 g/mol. The lowest BCUT2D eigenvalue weighted by atomic mass is 10.1. The second-order valence-electron chi connectivity index (χ2n) is 8.32. The van der Waals surface area contributed by atoms with E-state index >= 15 is 0 Å². The molecule has 0 aromatic heterocycles. The summed E-state index contributed by atoms with van der Waals surface area (Å²) in [5.74, 6) is 1.92. The van der Waals surface area contributed by atoms with Gasteiger partial charge < -0.3 is 9.80 Å². The topological polar surface area (TPSA) is 55.9 Å². The van der Waals surface area contributed by atoms with Crippen LogP contribution in [-0.2, 0) is 0 Å². The zero-order valence-electron chi connectivity index (χ0n) is 20.8. The van der Waals surface area contributed by atoms with Crippen molar-refractivity contribution in [2.75, 3.05) is 28.2 Å². The van der Waals surface area contributed by atoms with Crippen molar-refractivity contribution in [3.05, 3.63) is 83.9 Å². The molecule has 0 radical (unpaired) electrons. The molecule has 0 saturated heterocycles. The number of hydrogen-bond acceptors (Lipinski definition) is 4. The highest BCUT2D eigenvalue weighted by Gasteiger charge is 1.97. The highest BCUT2D eigenvalue weighted by molar-refractivity contribution is 5.86. The van der Waals surface area contributed by atoms with Crippen LogP contribution in [0.2, 0.25) is 0 Å². The van der Waals surface area contributed by atoms with Crippen molar-refractivity contribution in [3.8, 4) is 0 Å². The second-order valence-corrected chi connectivity index (χ2v) is 8.32. The number of rotatable bonds is 6. The van der Waals surface area contributed by atoms with Crippen molar-refractivity contribution >= 4 is 46.8 Å². The van der Waals surface area contributed by atoms with Crippen LogP contribution < -0.4 is 0 Å². The predicted octanol–water partition coefficient (Wildman–Crippen LogP) is 6.41. The molecule has 0 unspecified atom stereocenters. The molecule has 0 fully saturated rings. The maximum atomic E-state index is 4.56. The first-order chi connectivity index (χ1) is 16.3. The van der Waals surface area contributed by atoms with Gasteiger partial charge in [-0.25, -0.2) is 9.98 Å². The Hall–Kier alpha value is -4.06. The fraction of sp³-hybridized carbons (Fsp3) is 0.214. The molecule has 0 aliphatic rings. The molecule has 0 atom stereocenters. The van der Waals surface area contributed by atoms with E-state index in [-0.39, 0.29) is 0 Å². The van der Waals surface area contributed by atoms with E-state index in [1.807, 2.05) is 137 Å². The maximum Gasteiger partial charge on any atom is 0.101 e. The molecule has 0 saturated carbocycles. The van der Waals surface area contributed by atoms with E-state index in [1.165, 1.54) is 0 Å². The van der Waals surface area contributed by atoms with Crippen molar-refractivity contribution in [1.29, 1.82) is 0 Å². The molecule has 3 rings (SSSR count). The summed E-state index contributed by atoms with van der Waals surface area (Å²) in [6.07, 6.45) is 3.72. The number of amidine groups is 2. The minimum absolute atomic E-state index is 0.889. The van der Waals surface area contributed by atoms with Gasteiger partial charge in [0.25, 0.3) is 0 Å². The van der Waals surface area contributed by atoms with E-state index in [0.717, 1.165) is 45.5 Å². The third-order valence-corrected chi connectivity index (χ3v) is 5.24. The highest BCUT2D eigenvalue weighted by atomic mass is 15.1. The van der Waals surface area contributed by atoms with Gasteiger partial charge in [0.2, 0.25) is 0 Å². The van der Waals surface area contributed by atoms with E-state index < -0.39 is 0 Å². The number of aliphatic imine (C=N–C) groups is 4. The quantitative estimate of drug-likeness (QED) is 0.320. The van der Waals surface area contributed by atoms with Gasteiger partial charge in [-0.3, -0.25) is 9.98 Å². The maximum absolute atomic E-state index is 4.56. The standard InChI is InChI=1S/C28H32N6/c1-21(33(3)4)31-27-15-11-25(12-16-27)29-19-23-7-9-24(10-8-23)20-30-26-13-17-28(18-14-26)32-22(2)34(5)6/h7-20H,1-6H3/b29-19+,30-20+,31-21+,32-22+. The van der Waals surface area contributed by atoms with Crippen LogP contribution in [0.5, 0.6) is 0 Å². The van der Waals surface area contributed by atoms with Gasteiger partial charge in [0.1, 0.15) is 11.7 Å². The average molecular weight is 453 g/mol. The predicted molar refractivity (Wildman–Crippen MR) is 147 cm³/mol. The fourth-order valence-electron chi connectivity index (χ4n) is 2.77. The lowest BCUT2D eigenvalue weighted by molar-refractivity contribution is 0.619. The van der Waals surface area contributed by atoms with Crippen LogP contribution in [0.4, 0.5) is 22.7 Å². The van der Waals surface area contributed by atoms with E-state index in [1.54, 1.807) is 0 Å². The third-order valence-electron chi connectivity index (χ3n) is 5.24. The Balaban J connectivity index is 1.60. The zero-order valence-corrected chi connectivity index (χ0v) is 20.8. The lowest BCUT2D eigenvalue weighted by Crippen LogP contribution is -2.17. The summed E-state index contributed by atoms with van der Waals surface area (Å²) in [6.45, 7) is 3.97. The summed E-state index contributed by atoms with van der Waals surface area (Å²) in [6, 6.07) is 23.9. The van der Waals surface area contributed by atoms with E-state index in [2.05, 4.69) is 20.0 Å². The molecule has 0 N–H and O–H groups in total. The highest BCUT2D eigenvalue weighted by Crippen LogP contribution is 2.20. The van der Waals surface area contributed by atoms with Crippen molar-refractivity contribution in [2.24, 2.45) is 20.0 Å². The zero-order chi connectivity index (χ0) is 24.5. The second kappa shape index (κ2) is 11.7. The molecule has 3 aromatic rings. The molecule has 0 aliphatic heterocycles. The molecule has 0 heterocycles. The summed E-state index contributed by atoms with van der Waals surface area (Å²) < 4.78 is 0. The summed E-state index contributed by atoms with van der Waals surface area (Å²) >= 11 is 0. The van der Waals surface area contributed by atoms with Crippen LogP contribution in [-0.4, -0.2) is 62.1 Å². The van der Waals surface area contributed by atoms with Gasteiger partial charge in [-0.15, -0.1) is 0 Å². The van der Waals surface area contributed by atoms with Gasteiger partial charge in [0.05, 0.1) is 22.7 Å². The Kier molecular flexibility index (Phi) is 8.46. The van der Waals surface area contributed by atoms with E-state index in [9.17, 15) is 0 Å². The molecule has 3 aromatic carbocycles. The van der Waals surface area contributed by atoms with Gasteiger partial charge in [-0.1, -0.05) is 24.3 Å². The van der Waals surface area contributed by atoms with E-state index in [4.69, 9.17) is 0 Å². The van der Waals surface area contributed by atoms with Crippen molar-refractivity contribution in [2.45, 2.75) is 13.8 Å². The molecular formula is C28H32N6. The van der Waals surface area contributed by atoms with Gasteiger partial charge in [0, 0.05) is 40.6 Å². The van der Waals surface area contributed by atoms with Crippen LogP contribution in [0.1, 0.15) is 25.0 Å². The van der Waals surface area contributed by atoms with Gasteiger partial charge in [0.15, 0.2) is 0 Å².